The predicted octanol–water partition coefficient (Wildman–Crippen LogP) is 3.07. The molecule has 2 aromatic rings. The highest BCUT2D eigenvalue weighted by Gasteiger charge is 2.33. The van der Waals surface area contributed by atoms with E-state index in [2.05, 4.69) is 4.72 Å². The maximum atomic E-state index is 13.1. The van der Waals surface area contributed by atoms with E-state index in [1.54, 1.807) is 29.2 Å². The molecule has 2 fully saturated rings. The third-order valence-electron chi connectivity index (χ3n) is 4.83. The zero-order valence-corrected chi connectivity index (χ0v) is 15.6. The van der Waals surface area contributed by atoms with E-state index in [1.165, 1.54) is 24.3 Å². The van der Waals surface area contributed by atoms with Gasteiger partial charge in [0.1, 0.15) is 5.82 Å². The highest BCUT2D eigenvalue weighted by molar-refractivity contribution is 7.89. The summed E-state index contributed by atoms with van der Waals surface area (Å²) >= 11 is 0. The van der Waals surface area contributed by atoms with Crippen LogP contribution in [0.2, 0.25) is 0 Å². The highest BCUT2D eigenvalue weighted by atomic mass is 32.2. The van der Waals surface area contributed by atoms with Gasteiger partial charge in [0.05, 0.1) is 4.90 Å². The SMILES string of the molecule is O=C(c1ccc(S(=O)(=O)NC2CC2)cc1)N(Cc1ccc(F)cc1)C1CC1. The Labute approximate surface area is 158 Å². The van der Waals surface area contributed by atoms with E-state index in [1.807, 2.05) is 0 Å². The zero-order valence-electron chi connectivity index (χ0n) is 14.8. The molecule has 0 unspecified atom stereocenters. The molecule has 0 aromatic heterocycles. The molecular formula is C20H21FN2O3S. The van der Waals surface area contributed by atoms with Crippen LogP contribution in [0.1, 0.15) is 41.6 Å². The van der Waals surface area contributed by atoms with Crippen LogP contribution in [-0.2, 0) is 16.6 Å². The monoisotopic (exact) mass is 388 g/mol. The average Bonchev–Trinajstić information content (AvgIpc) is 3.56. The van der Waals surface area contributed by atoms with Crippen LogP contribution in [0.3, 0.4) is 0 Å². The largest absolute Gasteiger partial charge is 0.331 e. The number of nitrogens with one attached hydrogen (secondary N) is 1. The van der Waals surface area contributed by atoms with Crippen molar-refractivity contribution >= 4 is 15.9 Å². The highest BCUT2D eigenvalue weighted by Crippen LogP contribution is 2.30. The van der Waals surface area contributed by atoms with Gasteiger partial charge in [-0.05, 0) is 67.6 Å². The van der Waals surface area contributed by atoms with Crippen molar-refractivity contribution in [2.75, 3.05) is 0 Å². The molecule has 2 saturated carbocycles. The number of rotatable bonds is 7. The number of amides is 1. The number of hydrogen-bond acceptors (Lipinski definition) is 3. The second-order valence-corrected chi connectivity index (χ2v) is 8.92. The summed E-state index contributed by atoms with van der Waals surface area (Å²) in [7, 11) is -3.53. The first kappa shape index (κ1) is 18.1. The van der Waals surface area contributed by atoms with Crippen LogP contribution in [-0.4, -0.2) is 31.3 Å². The number of halogens is 1. The Morgan fingerprint density at radius 1 is 1.00 bits per heavy atom. The van der Waals surface area contributed by atoms with Crippen molar-refractivity contribution in [2.45, 2.75) is 49.2 Å². The third-order valence-corrected chi connectivity index (χ3v) is 6.36. The number of nitrogens with zero attached hydrogens (tertiary/aromatic N) is 1. The zero-order chi connectivity index (χ0) is 19.0. The van der Waals surface area contributed by atoms with E-state index >= 15 is 0 Å². The van der Waals surface area contributed by atoms with E-state index in [0.29, 0.717) is 12.1 Å². The summed E-state index contributed by atoms with van der Waals surface area (Å²) in [5.74, 6) is -0.444. The van der Waals surface area contributed by atoms with Crippen molar-refractivity contribution in [3.8, 4) is 0 Å². The first-order valence-electron chi connectivity index (χ1n) is 9.10. The van der Waals surface area contributed by atoms with E-state index in [-0.39, 0.29) is 28.7 Å². The van der Waals surface area contributed by atoms with Gasteiger partial charge in [-0.2, -0.15) is 0 Å². The lowest BCUT2D eigenvalue weighted by Gasteiger charge is -2.23. The van der Waals surface area contributed by atoms with Crippen LogP contribution < -0.4 is 4.72 Å². The fourth-order valence-electron chi connectivity index (χ4n) is 2.97. The lowest BCUT2D eigenvalue weighted by atomic mass is 10.1. The van der Waals surface area contributed by atoms with Gasteiger partial charge in [0.25, 0.3) is 5.91 Å². The molecule has 1 amide bonds. The topological polar surface area (TPSA) is 66.5 Å². The number of sulfonamides is 1. The van der Waals surface area contributed by atoms with Crippen LogP contribution in [0.5, 0.6) is 0 Å². The molecule has 5 nitrogen and oxygen atoms in total. The van der Waals surface area contributed by atoms with Crippen LogP contribution in [0.25, 0.3) is 0 Å². The summed E-state index contributed by atoms with van der Waals surface area (Å²) in [5.41, 5.74) is 1.32. The average molecular weight is 388 g/mol. The summed E-state index contributed by atoms with van der Waals surface area (Å²) in [5, 5.41) is 0. The van der Waals surface area contributed by atoms with Gasteiger partial charge < -0.3 is 4.90 Å². The summed E-state index contributed by atoms with van der Waals surface area (Å²) in [4.78, 5) is 14.9. The number of carbonyl (C=O) groups is 1. The van der Waals surface area contributed by atoms with Crippen molar-refractivity contribution in [1.29, 1.82) is 0 Å². The molecule has 0 radical (unpaired) electrons. The molecule has 2 aliphatic rings. The van der Waals surface area contributed by atoms with Crippen molar-refractivity contribution in [3.63, 3.8) is 0 Å². The molecule has 0 spiro atoms. The molecular weight excluding hydrogens is 367 g/mol. The molecule has 27 heavy (non-hydrogen) atoms. The van der Waals surface area contributed by atoms with Crippen molar-refractivity contribution in [1.82, 2.24) is 9.62 Å². The van der Waals surface area contributed by atoms with E-state index in [0.717, 1.165) is 31.2 Å². The maximum Gasteiger partial charge on any atom is 0.254 e. The molecule has 1 N–H and O–H groups in total. The Balaban J connectivity index is 1.50. The third kappa shape index (κ3) is 4.36. The number of hydrogen-bond donors (Lipinski definition) is 1. The summed E-state index contributed by atoms with van der Waals surface area (Å²) in [6, 6.07) is 12.4. The van der Waals surface area contributed by atoms with Crippen molar-refractivity contribution in [2.24, 2.45) is 0 Å². The lowest BCUT2D eigenvalue weighted by Crippen LogP contribution is -2.32. The molecule has 0 aliphatic heterocycles. The van der Waals surface area contributed by atoms with E-state index in [9.17, 15) is 17.6 Å². The molecule has 0 heterocycles. The molecule has 2 aliphatic carbocycles. The smallest absolute Gasteiger partial charge is 0.254 e. The van der Waals surface area contributed by atoms with E-state index in [4.69, 9.17) is 0 Å². The quantitative estimate of drug-likeness (QED) is 0.793. The first-order valence-corrected chi connectivity index (χ1v) is 10.6. The molecule has 2 aromatic carbocycles. The lowest BCUT2D eigenvalue weighted by molar-refractivity contribution is 0.0730. The molecule has 142 valence electrons. The molecule has 7 heteroatoms. The normalized spacial score (nSPS) is 16.9. The number of benzene rings is 2. The molecule has 0 bridgehead atoms. The van der Waals surface area contributed by atoms with Gasteiger partial charge in [-0.25, -0.2) is 17.5 Å². The van der Waals surface area contributed by atoms with Gasteiger partial charge in [0.15, 0.2) is 0 Å². The minimum Gasteiger partial charge on any atom is -0.331 e. The molecule has 0 atom stereocenters. The second-order valence-electron chi connectivity index (χ2n) is 7.21. The maximum absolute atomic E-state index is 13.1. The summed E-state index contributed by atoms with van der Waals surface area (Å²) in [6.45, 7) is 0.410. The Kier molecular flexibility index (Phi) is 4.74. The fraction of sp³-hybridized carbons (Fsp3) is 0.350. The Hall–Kier alpha value is -2.25. The van der Waals surface area contributed by atoms with E-state index < -0.39 is 10.0 Å². The Bertz CT molecular complexity index is 934. The van der Waals surface area contributed by atoms with Gasteiger partial charge in [-0.1, -0.05) is 12.1 Å². The van der Waals surface area contributed by atoms with Gasteiger partial charge >= 0.3 is 0 Å². The standard InChI is InChI=1S/C20H21FN2O3S/c21-16-5-1-14(2-6-16)13-23(18-9-10-18)20(24)15-3-11-19(12-4-15)27(25,26)22-17-7-8-17/h1-6,11-12,17-18,22H,7-10,13H2. The predicted molar refractivity (Wildman–Crippen MR) is 99.1 cm³/mol. The Morgan fingerprint density at radius 3 is 2.19 bits per heavy atom. The first-order chi connectivity index (χ1) is 12.9. The van der Waals surface area contributed by atoms with Gasteiger partial charge in [0.2, 0.25) is 10.0 Å². The minimum absolute atomic E-state index is 0.0392. The minimum atomic E-state index is -3.53. The van der Waals surface area contributed by atoms with Gasteiger partial charge in [-0.3, -0.25) is 4.79 Å². The fourth-order valence-corrected chi connectivity index (χ4v) is 4.28. The summed E-state index contributed by atoms with van der Waals surface area (Å²) in [6.07, 6.45) is 3.64. The number of carbonyl (C=O) groups excluding carboxylic acids is 1. The van der Waals surface area contributed by atoms with Crippen LogP contribution in [0, 0.1) is 5.82 Å². The molecule has 4 rings (SSSR count). The van der Waals surface area contributed by atoms with Crippen molar-refractivity contribution in [3.05, 3.63) is 65.5 Å². The van der Waals surface area contributed by atoms with Gasteiger partial charge in [-0.15, -0.1) is 0 Å². The molecule has 0 saturated heterocycles. The van der Waals surface area contributed by atoms with Gasteiger partial charge in [0, 0.05) is 24.2 Å². The van der Waals surface area contributed by atoms with Crippen molar-refractivity contribution < 1.29 is 17.6 Å². The Morgan fingerprint density at radius 2 is 1.63 bits per heavy atom. The van der Waals surface area contributed by atoms with Crippen LogP contribution >= 0.6 is 0 Å². The van der Waals surface area contributed by atoms with Crippen LogP contribution in [0.15, 0.2) is 53.4 Å². The second kappa shape index (κ2) is 7.05. The van der Waals surface area contributed by atoms with Crippen LogP contribution in [0.4, 0.5) is 4.39 Å². The summed E-state index contributed by atoms with van der Waals surface area (Å²) < 4.78 is 40.2.